The Morgan fingerprint density at radius 2 is 1.95 bits per heavy atom. The average Bonchev–Trinajstić information content (AvgIpc) is 2.48. The predicted molar refractivity (Wildman–Crippen MR) is 73.5 cm³/mol. The minimum Gasteiger partial charge on any atom is -0.330 e. The molecule has 0 saturated heterocycles. The summed E-state index contributed by atoms with van der Waals surface area (Å²) in [5.41, 5.74) is 6.52. The highest BCUT2D eigenvalue weighted by atomic mass is 16.6. The normalized spacial score (nSPS) is 9.37. The van der Waals surface area contributed by atoms with Crippen LogP contribution < -0.4 is 5.73 Å². The summed E-state index contributed by atoms with van der Waals surface area (Å²) in [5.74, 6) is 0. The molecule has 0 aromatic carbocycles. The van der Waals surface area contributed by atoms with Crippen molar-refractivity contribution in [2.24, 2.45) is 5.73 Å². The maximum Gasteiger partial charge on any atom is 0.288 e. The van der Waals surface area contributed by atoms with Crippen LogP contribution in [0.3, 0.4) is 0 Å². The Balaban J connectivity index is 0.000000399. The zero-order chi connectivity index (χ0) is 14.1. The van der Waals surface area contributed by atoms with Gasteiger partial charge in [-0.05, 0) is 19.0 Å². The van der Waals surface area contributed by atoms with E-state index in [9.17, 15) is 10.1 Å². The van der Waals surface area contributed by atoms with E-state index in [4.69, 9.17) is 5.73 Å². The molecule has 0 aliphatic carbocycles. The molecule has 0 spiro atoms. The van der Waals surface area contributed by atoms with Gasteiger partial charge in [-0.1, -0.05) is 13.0 Å². The third-order valence-corrected chi connectivity index (χ3v) is 2.22. The Bertz CT molecular complexity index is 515. The van der Waals surface area contributed by atoms with Crippen molar-refractivity contribution in [1.29, 1.82) is 0 Å². The van der Waals surface area contributed by atoms with Crippen LogP contribution in [0.4, 0.5) is 5.69 Å². The van der Waals surface area contributed by atoms with Crippen LogP contribution in [-0.4, -0.2) is 21.4 Å². The molecule has 0 radical (unpaired) electrons. The number of rotatable bonds is 3. The van der Waals surface area contributed by atoms with Crippen molar-refractivity contribution < 1.29 is 4.92 Å². The number of nitro groups is 1. The lowest BCUT2D eigenvalue weighted by molar-refractivity contribution is -0.385. The number of pyridine rings is 2. The predicted octanol–water partition coefficient (Wildman–Crippen LogP) is 2.41. The molecule has 0 bridgehead atoms. The van der Waals surface area contributed by atoms with E-state index in [2.05, 4.69) is 16.9 Å². The Morgan fingerprint density at radius 1 is 1.26 bits per heavy atom. The molecule has 0 unspecified atom stereocenters. The van der Waals surface area contributed by atoms with Crippen LogP contribution in [0.2, 0.25) is 0 Å². The topological polar surface area (TPSA) is 94.9 Å². The lowest BCUT2D eigenvalue weighted by atomic mass is 10.1. The van der Waals surface area contributed by atoms with Gasteiger partial charge in [0.1, 0.15) is 6.20 Å². The number of nitrogens with two attached hydrogens (primary N) is 1. The van der Waals surface area contributed by atoms with Crippen LogP contribution in [0, 0.1) is 10.1 Å². The second kappa shape index (κ2) is 7.88. The summed E-state index contributed by atoms with van der Waals surface area (Å²) < 4.78 is 0. The zero-order valence-corrected chi connectivity index (χ0v) is 10.7. The quantitative estimate of drug-likeness (QED) is 0.675. The fraction of sp³-hybridized carbons (Fsp3) is 0.231. The standard InChI is InChI=1S/C10H7N3O2.C3H9N/c14-13(15)10-4-9(6-12-7-10)8-2-1-3-11-5-8;1-2-3-4/h1-7H;2-4H2,1H3. The van der Waals surface area contributed by atoms with Crippen LogP contribution in [0.5, 0.6) is 0 Å². The van der Waals surface area contributed by atoms with Gasteiger partial charge in [-0.25, -0.2) is 0 Å². The van der Waals surface area contributed by atoms with Gasteiger partial charge in [-0.2, -0.15) is 0 Å². The zero-order valence-electron chi connectivity index (χ0n) is 10.7. The SMILES string of the molecule is CCCN.O=[N+]([O-])c1cncc(-c2cccnc2)c1. The third kappa shape index (κ3) is 4.81. The molecule has 2 rings (SSSR count). The van der Waals surface area contributed by atoms with Gasteiger partial charge < -0.3 is 5.73 Å². The van der Waals surface area contributed by atoms with Crippen molar-refractivity contribution in [1.82, 2.24) is 9.97 Å². The second-order valence-electron chi connectivity index (χ2n) is 3.72. The maximum absolute atomic E-state index is 10.5. The number of hydrogen-bond acceptors (Lipinski definition) is 5. The summed E-state index contributed by atoms with van der Waals surface area (Å²) in [6.45, 7) is 2.88. The van der Waals surface area contributed by atoms with E-state index in [0.29, 0.717) is 5.56 Å². The molecular formula is C13H16N4O2. The monoisotopic (exact) mass is 260 g/mol. The Labute approximate surface area is 111 Å². The molecular weight excluding hydrogens is 244 g/mol. The highest BCUT2D eigenvalue weighted by molar-refractivity contribution is 5.63. The maximum atomic E-state index is 10.5. The van der Waals surface area contributed by atoms with Crippen molar-refractivity contribution in [2.45, 2.75) is 13.3 Å². The fourth-order valence-electron chi connectivity index (χ4n) is 1.22. The first kappa shape index (κ1) is 14.7. The molecule has 6 heteroatoms. The van der Waals surface area contributed by atoms with Gasteiger partial charge >= 0.3 is 0 Å². The Hall–Kier alpha value is -2.34. The van der Waals surface area contributed by atoms with Crippen molar-refractivity contribution in [3.05, 3.63) is 53.1 Å². The first-order valence-electron chi connectivity index (χ1n) is 5.89. The molecule has 2 N–H and O–H groups in total. The molecule has 0 saturated carbocycles. The van der Waals surface area contributed by atoms with E-state index in [0.717, 1.165) is 18.5 Å². The fourth-order valence-corrected chi connectivity index (χ4v) is 1.22. The molecule has 0 amide bonds. The molecule has 2 aromatic heterocycles. The highest BCUT2D eigenvalue weighted by Gasteiger charge is 2.07. The van der Waals surface area contributed by atoms with Gasteiger partial charge in [-0.3, -0.25) is 20.1 Å². The van der Waals surface area contributed by atoms with E-state index in [1.807, 2.05) is 6.07 Å². The van der Waals surface area contributed by atoms with Crippen LogP contribution in [0.25, 0.3) is 11.1 Å². The van der Waals surface area contributed by atoms with E-state index in [1.54, 1.807) is 24.7 Å². The van der Waals surface area contributed by atoms with E-state index in [1.165, 1.54) is 12.3 Å². The van der Waals surface area contributed by atoms with Crippen LogP contribution in [0.1, 0.15) is 13.3 Å². The Morgan fingerprint density at radius 3 is 2.47 bits per heavy atom. The lowest BCUT2D eigenvalue weighted by Crippen LogP contribution is -1.93. The number of nitrogens with zero attached hydrogens (tertiary/aromatic N) is 3. The van der Waals surface area contributed by atoms with Crippen molar-refractivity contribution in [3.63, 3.8) is 0 Å². The van der Waals surface area contributed by atoms with Crippen molar-refractivity contribution in [3.8, 4) is 11.1 Å². The van der Waals surface area contributed by atoms with Gasteiger partial charge in [-0.15, -0.1) is 0 Å². The minimum atomic E-state index is -0.465. The molecule has 0 fully saturated rings. The summed E-state index contributed by atoms with van der Waals surface area (Å²) in [7, 11) is 0. The van der Waals surface area contributed by atoms with Crippen molar-refractivity contribution >= 4 is 5.69 Å². The average molecular weight is 260 g/mol. The van der Waals surface area contributed by atoms with E-state index < -0.39 is 4.92 Å². The molecule has 0 aliphatic heterocycles. The first-order chi connectivity index (χ1) is 9.19. The molecule has 19 heavy (non-hydrogen) atoms. The first-order valence-corrected chi connectivity index (χ1v) is 5.89. The van der Waals surface area contributed by atoms with E-state index in [-0.39, 0.29) is 5.69 Å². The number of hydrogen-bond donors (Lipinski definition) is 1. The molecule has 0 atom stereocenters. The van der Waals surface area contributed by atoms with Gasteiger partial charge in [0, 0.05) is 35.8 Å². The smallest absolute Gasteiger partial charge is 0.288 e. The molecule has 0 aliphatic rings. The summed E-state index contributed by atoms with van der Waals surface area (Å²) >= 11 is 0. The Kier molecular flexibility index (Phi) is 6.11. The van der Waals surface area contributed by atoms with E-state index >= 15 is 0 Å². The van der Waals surface area contributed by atoms with Gasteiger partial charge in [0.25, 0.3) is 5.69 Å². The van der Waals surface area contributed by atoms with Gasteiger partial charge in [0.15, 0.2) is 0 Å². The van der Waals surface area contributed by atoms with Crippen LogP contribution >= 0.6 is 0 Å². The van der Waals surface area contributed by atoms with Gasteiger partial charge in [0.05, 0.1) is 4.92 Å². The van der Waals surface area contributed by atoms with Crippen LogP contribution in [0.15, 0.2) is 43.0 Å². The second-order valence-corrected chi connectivity index (χ2v) is 3.72. The molecule has 2 heterocycles. The summed E-state index contributed by atoms with van der Waals surface area (Å²) in [4.78, 5) is 17.8. The minimum absolute atomic E-state index is 0.0173. The summed E-state index contributed by atoms with van der Waals surface area (Å²) in [6, 6.07) is 5.08. The summed E-state index contributed by atoms with van der Waals surface area (Å²) in [5, 5.41) is 10.5. The summed E-state index contributed by atoms with van der Waals surface area (Å²) in [6.07, 6.45) is 7.18. The third-order valence-electron chi connectivity index (χ3n) is 2.22. The van der Waals surface area contributed by atoms with Crippen molar-refractivity contribution in [2.75, 3.05) is 6.54 Å². The molecule has 2 aromatic rings. The van der Waals surface area contributed by atoms with Gasteiger partial charge in [0.2, 0.25) is 0 Å². The number of aromatic nitrogens is 2. The highest BCUT2D eigenvalue weighted by Crippen LogP contribution is 2.20. The molecule has 100 valence electrons. The largest absolute Gasteiger partial charge is 0.330 e. The lowest BCUT2D eigenvalue weighted by Gasteiger charge is -1.98. The van der Waals surface area contributed by atoms with Crippen LogP contribution in [-0.2, 0) is 0 Å². The molecule has 6 nitrogen and oxygen atoms in total.